The zero-order valence-corrected chi connectivity index (χ0v) is 15.8. The second-order valence-corrected chi connectivity index (χ2v) is 8.80. The molecule has 1 aromatic heterocycles. The summed E-state index contributed by atoms with van der Waals surface area (Å²) in [6, 6.07) is 16.7. The number of benzene rings is 2. The predicted molar refractivity (Wildman–Crippen MR) is 100 cm³/mol. The second kappa shape index (κ2) is 6.90. The molecular formula is C20H20N2O4S. The minimum absolute atomic E-state index is 0.264. The number of hydrogen-bond acceptors (Lipinski definition) is 6. The van der Waals surface area contributed by atoms with Crippen LogP contribution in [0.25, 0.3) is 11.4 Å². The van der Waals surface area contributed by atoms with E-state index in [9.17, 15) is 8.42 Å². The highest BCUT2D eigenvalue weighted by molar-refractivity contribution is 7.90. The summed E-state index contributed by atoms with van der Waals surface area (Å²) < 4.78 is 34.5. The van der Waals surface area contributed by atoms with Crippen LogP contribution in [0.2, 0.25) is 0 Å². The van der Waals surface area contributed by atoms with Gasteiger partial charge in [0.05, 0.1) is 10.3 Å². The van der Waals surface area contributed by atoms with E-state index in [4.69, 9.17) is 9.26 Å². The zero-order valence-electron chi connectivity index (χ0n) is 15.0. The number of sulfone groups is 1. The smallest absolute Gasteiger partial charge is 0.237 e. The van der Waals surface area contributed by atoms with E-state index in [1.54, 1.807) is 24.3 Å². The number of hydrogen-bond donors (Lipinski definition) is 0. The fraction of sp³-hybridized carbons (Fsp3) is 0.300. The molecule has 140 valence electrons. The van der Waals surface area contributed by atoms with E-state index < -0.39 is 9.84 Å². The Labute approximate surface area is 158 Å². The number of rotatable bonds is 4. The highest BCUT2D eigenvalue weighted by Gasteiger charge is 2.41. The number of aromatic nitrogens is 2. The predicted octanol–water partition coefficient (Wildman–Crippen LogP) is 3.24. The molecule has 0 N–H and O–H groups in total. The van der Waals surface area contributed by atoms with Crippen LogP contribution in [0, 0.1) is 0 Å². The first-order valence-electron chi connectivity index (χ1n) is 8.77. The first kappa shape index (κ1) is 17.9. The Balaban J connectivity index is 1.72. The molecule has 3 aromatic rings. The normalized spacial score (nSPS) is 16.9. The summed E-state index contributed by atoms with van der Waals surface area (Å²) in [5.41, 5.74) is 1.49. The molecule has 27 heavy (non-hydrogen) atoms. The summed E-state index contributed by atoms with van der Waals surface area (Å²) >= 11 is 0. The largest absolute Gasteiger partial charge is 0.381 e. The molecule has 0 spiro atoms. The van der Waals surface area contributed by atoms with Crippen LogP contribution in [0.15, 0.2) is 64.0 Å². The summed E-state index contributed by atoms with van der Waals surface area (Å²) in [5.74, 6) is 1.02. The van der Waals surface area contributed by atoms with E-state index in [0.717, 1.165) is 18.4 Å². The van der Waals surface area contributed by atoms with Gasteiger partial charge in [-0.15, -0.1) is 0 Å². The molecule has 2 aromatic carbocycles. The lowest BCUT2D eigenvalue weighted by atomic mass is 9.74. The number of ether oxygens (including phenoxy) is 1. The van der Waals surface area contributed by atoms with Gasteiger partial charge in [-0.05, 0) is 42.7 Å². The summed E-state index contributed by atoms with van der Waals surface area (Å²) in [7, 11) is -3.24. The van der Waals surface area contributed by atoms with Crippen molar-refractivity contribution >= 4 is 9.84 Å². The van der Waals surface area contributed by atoms with Gasteiger partial charge in [-0.1, -0.05) is 35.5 Å². The lowest BCUT2D eigenvalue weighted by molar-refractivity contribution is 0.0523. The molecule has 4 rings (SSSR count). The molecule has 1 saturated heterocycles. The molecule has 0 atom stereocenters. The topological polar surface area (TPSA) is 82.3 Å². The van der Waals surface area contributed by atoms with Gasteiger partial charge in [-0.3, -0.25) is 0 Å². The van der Waals surface area contributed by atoms with E-state index in [1.165, 1.54) is 6.26 Å². The Hall–Kier alpha value is -2.51. The van der Waals surface area contributed by atoms with Crippen molar-refractivity contribution in [2.45, 2.75) is 23.2 Å². The third-order valence-corrected chi connectivity index (χ3v) is 6.18. The Kier molecular flexibility index (Phi) is 4.57. The van der Waals surface area contributed by atoms with Crippen molar-refractivity contribution in [3.63, 3.8) is 0 Å². The first-order chi connectivity index (χ1) is 13.0. The number of nitrogens with zero attached hydrogens (tertiary/aromatic N) is 2. The van der Waals surface area contributed by atoms with Crippen molar-refractivity contribution in [3.8, 4) is 11.4 Å². The molecule has 0 aliphatic carbocycles. The Morgan fingerprint density at radius 1 is 0.963 bits per heavy atom. The quantitative estimate of drug-likeness (QED) is 0.687. The van der Waals surface area contributed by atoms with Crippen molar-refractivity contribution in [2.24, 2.45) is 0 Å². The van der Waals surface area contributed by atoms with Crippen molar-refractivity contribution in [1.29, 1.82) is 0 Å². The van der Waals surface area contributed by atoms with Crippen LogP contribution in [0.4, 0.5) is 0 Å². The molecule has 7 heteroatoms. The van der Waals surface area contributed by atoms with Gasteiger partial charge in [0.1, 0.15) is 0 Å². The monoisotopic (exact) mass is 384 g/mol. The maximum Gasteiger partial charge on any atom is 0.237 e. The third kappa shape index (κ3) is 3.40. The fourth-order valence-electron chi connectivity index (χ4n) is 3.49. The van der Waals surface area contributed by atoms with Gasteiger partial charge < -0.3 is 9.26 Å². The van der Waals surface area contributed by atoms with E-state index >= 15 is 0 Å². The summed E-state index contributed by atoms with van der Waals surface area (Å²) in [6.45, 7) is 1.27. The van der Waals surface area contributed by atoms with E-state index in [0.29, 0.717) is 30.5 Å². The zero-order chi connectivity index (χ0) is 18.9. The van der Waals surface area contributed by atoms with Crippen LogP contribution < -0.4 is 0 Å². The van der Waals surface area contributed by atoms with Gasteiger partial charge in [-0.2, -0.15) is 4.98 Å². The molecule has 0 saturated carbocycles. The van der Waals surface area contributed by atoms with Gasteiger partial charge in [0.15, 0.2) is 9.84 Å². The molecule has 0 unspecified atom stereocenters. The fourth-order valence-corrected chi connectivity index (χ4v) is 4.12. The van der Waals surface area contributed by atoms with Crippen molar-refractivity contribution in [3.05, 3.63) is 66.1 Å². The molecule has 0 radical (unpaired) electrons. The van der Waals surface area contributed by atoms with Gasteiger partial charge >= 0.3 is 0 Å². The van der Waals surface area contributed by atoms with Crippen molar-refractivity contribution in [2.75, 3.05) is 19.5 Å². The molecule has 0 bridgehead atoms. The molecule has 6 nitrogen and oxygen atoms in total. The first-order valence-corrected chi connectivity index (χ1v) is 10.7. The van der Waals surface area contributed by atoms with Crippen LogP contribution in [-0.2, 0) is 20.0 Å². The third-order valence-electron chi connectivity index (χ3n) is 5.05. The standard InChI is InChI=1S/C20H20N2O4S/c1-27(23,24)17-9-7-15(8-10-17)18-21-19(26-22-18)20(11-13-25-14-12-20)16-5-3-2-4-6-16/h2-10H,11-14H2,1H3. The molecule has 0 amide bonds. The highest BCUT2D eigenvalue weighted by Crippen LogP contribution is 2.40. The van der Waals surface area contributed by atoms with E-state index in [2.05, 4.69) is 22.3 Å². The van der Waals surface area contributed by atoms with Crippen molar-refractivity contribution in [1.82, 2.24) is 10.1 Å². The van der Waals surface area contributed by atoms with Crippen LogP contribution in [-0.4, -0.2) is 38.0 Å². The molecule has 1 fully saturated rings. The average molecular weight is 384 g/mol. The maximum absolute atomic E-state index is 11.6. The lowest BCUT2D eigenvalue weighted by Gasteiger charge is -2.34. The Morgan fingerprint density at radius 2 is 1.63 bits per heavy atom. The maximum atomic E-state index is 11.6. The van der Waals surface area contributed by atoms with Gasteiger partial charge in [0.2, 0.25) is 11.7 Å². The van der Waals surface area contributed by atoms with Crippen molar-refractivity contribution < 1.29 is 17.7 Å². The van der Waals surface area contributed by atoms with Gasteiger partial charge in [-0.25, -0.2) is 8.42 Å². The summed E-state index contributed by atoms with van der Waals surface area (Å²) in [5, 5.41) is 4.15. The van der Waals surface area contributed by atoms with Crippen LogP contribution in [0.3, 0.4) is 0 Å². The molecule has 2 heterocycles. The Bertz CT molecular complexity index is 1020. The Morgan fingerprint density at radius 3 is 2.26 bits per heavy atom. The SMILES string of the molecule is CS(=O)(=O)c1ccc(-c2noc(C3(c4ccccc4)CCOCC3)n2)cc1. The van der Waals surface area contributed by atoms with Crippen LogP contribution in [0.5, 0.6) is 0 Å². The minimum atomic E-state index is -3.24. The summed E-state index contributed by atoms with van der Waals surface area (Å²) in [4.78, 5) is 4.93. The lowest BCUT2D eigenvalue weighted by Crippen LogP contribution is -2.35. The van der Waals surface area contributed by atoms with E-state index in [1.807, 2.05) is 18.2 Å². The van der Waals surface area contributed by atoms with Gasteiger partial charge in [0, 0.05) is 25.0 Å². The average Bonchev–Trinajstić information content (AvgIpc) is 3.19. The molecule has 1 aliphatic heterocycles. The van der Waals surface area contributed by atoms with E-state index in [-0.39, 0.29) is 10.3 Å². The van der Waals surface area contributed by atoms with Crippen LogP contribution >= 0.6 is 0 Å². The highest BCUT2D eigenvalue weighted by atomic mass is 32.2. The molecular weight excluding hydrogens is 364 g/mol. The summed E-state index contributed by atoms with van der Waals surface area (Å²) in [6.07, 6.45) is 2.72. The second-order valence-electron chi connectivity index (χ2n) is 6.78. The van der Waals surface area contributed by atoms with Gasteiger partial charge in [0.25, 0.3) is 0 Å². The molecule has 1 aliphatic rings. The minimum Gasteiger partial charge on any atom is -0.381 e. The van der Waals surface area contributed by atoms with Crippen LogP contribution in [0.1, 0.15) is 24.3 Å².